The Labute approximate surface area is 229 Å². The molecule has 38 heavy (non-hydrogen) atoms. The summed E-state index contributed by atoms with van der Waals surface area (Å²) in [6.07, 6.45) is 4.69. The van der Waals surface area contributed by atoms with E-state index in [0.717, 1.165) is 60.1 Å². The van der Waals surface area contributed by atoms with Crippen LogP contribution >= 0.6 is 11.6 Å². The average molecular weight is 544 g/mol. The topological polar surface area (TPSA) is 96.1 Å². The van der Waals surface area contributed by atoms with E-state index < -0.39 is 0 Å². The highest BCUT2D eigenvalue weighted by Crippen LogP contribution is 2.39. The van der Waals surface area contributed by atoms with Crippen LogP contribution < -0.4 is 10.1 Å². The van der Waals surface area contributed by atoms with Crippen molar-refractivity contribution in [3.8, 4) is 5.75 Å². The van der Waals surface area contributed by atoms with E-state index in [1.54, 1.807) is 12.0 Å². The maximum Gasteiger partial charge on any atom is 0.410 e. The lowest BCUT2D eigenvalue weighted by Crippen LogP contribution is -2.41. The number of aliphatic hydroxyl groups excluding tert-OH is 1. The molecule has 2 aromatic carbocycles. The van der Waals surface area contributed by atoms with Crippen molar-refractivity contribution in [3.63, 3.8) is 0 Å². The third kappa shape index (κ3) is 7.20. The number of hydrogen-bond acceptors (Lipinski definition) is 6. The van der Waals surface area contributed by atoms with Crippen molar-refractivity contribution in [1.82, 2.24) is 15.2 Å². The van der Waals surface area contributed by atoms with Crippen molar-refractivity contribution in [3.05, 3.63) is 64.3 Å². The maximum atomic E-state index is 13.1. The summed E-state index contributed by atoms with van der Waals surface area (Å²) in [6.45, 7) is 3.54. The monoisotopic (exact) mass is 543 g/mol. The summed E-state index contributed by atoms with van der Waals surface area (Å²) < 4.78 is 16.5. The maximum absolute atomic E-state index is 13.1. The molecule has 1 unspecified atom stereocenters. The Kier molecular flexibility index (Phi) is 10.7. The molecule has 1 aliphatic heterocycles. The molecule has 0 aliphatic carbocycles. The molecule has 4 rings (SSSR count). The van der Waals surface area contributed by atoms with Gasteiger partial charge >= 0.3 is 6.09 Å². The zero-order valence-electron chi connectivity index (χ0n) is 22.0. The second kappa shape index (κ2) is 14.4. The predicted molar refractivity (Wildman–Crippen MR) is 149 cm³/mol. The smallest absolute Gasteiger partial charge is 0.410 e. The molecule has 1 aromatic heterocycles. The second-order valence-electron chi connectivity index (χ2n) is 9.47. The van der Waals surface area contributed by atoms with Gasteiger partial charge in [0.05, 0.1) is 19.8 Å². The first-order chi connectivity index (χ1) is 18.6. The van der Waals surface area contributed by atoms with Crippen molar-refractivity contribution >= 4 is 28.6 Å². The number of amides is 1. The summed E-state index contributed by atoms with van der Waals surface area (Å²) in [7, 11) is 1.58. The lowest BCUT2D eigenvalue weighted by atomic mass is 9.92. The zero-order valence-corrected chi connectivity index (χ0v) is 22.8. The number of nitrogens with zero attached hydrogens (tertiary/aromatic N) is 1. The van der Waals surface area contributed by atoms with Crippen LogP contribution in [0.4, 0.5) is 4.79 Å². The molecule has 3 aromatic rings. The number of halogens is 1. The summed E-state index contributed by atoms with van der Waals surface area (Å²) in [5.74, 6) is 0.812. The summed E-state index contributed by atoms with van der Waals surface area (Å²) >= 11 is 6.30. The van der Waals surface area contributed by atoms with Crippen LogP contribution in [-0.4, -0.2) is 74.3 Å². The molecule has 1 atom stereocenters. The Bertz CT molecular complexity index is 1170. The minimum Gasteiger partial charge on any atom is -0.494 e. The van der Waals surface area contributed by atoms with Gasteiger partial charge in [0.1, 0.15) is 18.4 Å². The SMILES string of the molecule is COCCOC(=O)N1CCc2c([nH]c3ccc(Cl)cc23)C1c1ccc(OCCCCCCNCCO)cc1. The number of aromatic nitrogens is 1. The van der Waals surface area contributed by atoms with Crippen LogP contribution in [0.25, 0.3) is 10.9 Å². The standard InChI is InChI=1S/C29H38ClN3O5/c1-36-18-19-38-29(35)33-15-12-24-25-20-22(30)8-11-26(25)32-27(24)28(33)21-6-9-23(10-7-21)37-17-5-3-2-4-13-31-14-16-34/h6-11,20,28,31-32,34H,2-5,12-19H2,1H3. The number of fused-ring (bicyclic) bond motifs is 3. The number of carbonyl (C=O) groups excluding carboxylic acids is 1. The highest BCUT2D eigenvalue weighted by atomic mass is 35.5. The number of carbonyl (C=O) groups is 1. The zero-order chi connectivity index (χ0) is 26.7. The highest BCUT2D eigenvalue weighted by Gasteiger charge is 2.35. The largest absolute Gasteiger partial charge is 0.494 e. The van der Waals surface area contributed by atoms with Crippen LogP contribution in [0.5, 0.6) is 5.75 Å². The van der Waals surface area contributed by atoms with E-state index in [4.69, 9.17) is 30.9 Å². The summed E-state index contributed by atoms with van der Waals surface area (Å²) in [6, 6.07) is 13.5. The van der Waals surface area contributed by atoms with Gasteiger partial charge in [0.2, 0.25) is 0 Å². The molecule has 0 fully saturated rings. The van der Waals surface area contributed by atoms with E-state index in [1.807, 2.05) is 42.5 Å². The molecule has 2 heterocycles. The van der Waals surface area contributed by atoms with Crippen molar-refractivity contribution in [1.29, 1.82) is 0 Å². The van der Waals surface area contributed by atoms with Gasteiger partial charge in [-0.25, -0.2) is 4.79 Å². The lowest BCUT2D eigenvalue weighted by molar-refractivity contribution is 0.0629. The van der Waals surface area contributed by atoms with Crippen LogP contribution in [0.2, 0.25) is 5.02 Å². The summed E-state index contributed by atoms with van der Waals surface area (Å²) in [5.41, 5.74) is 4.15. The van der Waals surface area contributed by atoms with Gasteiger partial charge in [-0.1, -0.05) is 36.6 Å². The third-order valence-corrected chi connectivity index (χ3v) is 7.07. The Morgan fingerprint density at radius 2 is 1.89 bits per heavy atom. The van der Waals surface area contributed by atoms with Gasteiger partial charge in [-0.2, -0.15) is 0 Å². The number of ether oxygens (including phenoxy) is 3. The van der Waals surface area contributed by atoms with E-state index >= 15 is 0 Å². The Morgan fingerprint density at radius 1 is 1.08 bits per heavy atom. The number of unbranched alkanes of at least 4 members (excludes halogenated alkanes) is 3. The second-order valence-corrected chi connectivity index (χ2v) is 9.90. The normalized spacial score (nSPS) is 15.0. The summed E-state index contributed by atoms with van der Waals surface area (Å²) in [4.78, 5) is 18.4. The fourth-order valence-corrected chi connectivity index (χ4v) is 5.12. The number of H-pyrrole nitrogens is 1. The number of methoxy groups -OCH3 is 1. The molecular formula is C29H38ClN3O5. The highest BCUT2D eigenvalue weighted by molar-refractivity contribution is 6.31. The quantitative estimate of drug-likeness (QED) is 0.246. The number of aromatic amines is 1. The molecule has 1 aliphatic rings. The van der Waals surface area contributed by atoms with Gasteiger partial charge < -0.3 is 29.6 Å². The van der Waals surface area contributed by atoms with Gasteiger partial charge in [0.15, 0.2) is 0 Å². The van der Waals surface area contributed by atoms with E-state index in [2.05, 4.69) is 10.3 Å². The molecule has 9 heteroatoms. The summed E-state index contributed by atoms with van der Waals surface area (Å²) in [5, 5.41) is 13.8. The van der Waals surface area contributed by atoms with Crippen LogP contribution in [-0.2, 0) is 15.9 Å². The van der Waals surface area contributed by atoms with Gasteiger partial charge in [-0.15, -0.1) is 0 Å². The minimum absolute atomic E-state index is 0.182. The van der Waals surface area contributed by atoms with Crippen molar-refractivity contribution in [2.45, 2.75) is 38.1 Å². The average Bonchev–Trinajstić information content (AvgIpc) is 3.30. The molecule has 0 spiro atoms. The third-order valence-electron chi connectivity index (χ3n) is 6.84. The first kappa shape index (κ1) is 28.2. The van der Waals surface area contributed by atoms with E-state index in [9.17, 15) is 4.79 Å². The van der Waals surface area contributed by atoms with Gasteiger partial charge in [0, 0.05) is 41.8 Å². The first-order valence-electron chi connectivity index (χ1n) is 13.4. The molecule has 0 bridgehead atoms. The number of aliphatic hydroxyl groups is 1. The van der Waals surface area contributed by atoms with Crippen LogP contribution in [0.1, 0.15) is 48.5 Å². The molecule has 1 amide bonds. The predicted octanol–water partition coefficient (Wildman–Crippen LogP) is 5.07. The van der Waals surface area contributed by atoms with Gasteiger partial charge in [0.25, 0.3) is 0 Å². The minimum atomic E-state index is -0.360. The van der Waals surface area contributed by atoms with Crippen LogP contribution in [0, 0.1) is 0 Å². The van der Waals surface area contributed by atoms with E-state index in [1.165, 1.54) is 5.56 Å². The number of benzene rings is 2. The number of rotatable bonds is 14. The fourth-order valence-electron chi connectivity index (χ4n) is 4.95. The van der Waals surface area contributed by atoms with Gasteiger partial charge in [-0.05, 0) is 67.3 Å². The molecule has 206 valence electrons. The Hall–Kier alpha value is -2.78. The Balaban J connectivity index is 1.44. The van der Waals surface area contributed by atoms with Gasteiger partial charge in [-0.3, -0.25) is 4.90 Å². The Morgan fingerprint density at radius 3 is 2.68 bits per heavy atom. The first-order valence-corrected chi connectivity index (χ1v) is 13.8. The van der Waals surface area contributed by atoms with Crippen LogP contribution in [0.15, 0.2) is 42.5 Å². The van der Waals surface area contributed by atoms with Crippen molar-refractivity contribution < 1.29 is 24.1 Å². The number of hydrogen-bond donors (Lipinski definition) is 3. The lowest BCUT2D eigenvalue weighted by Gasteiger charge is -2.35. The van der Waals surface area contributed by atoms with Crippen molar-refractivity contribution in [2.24, 2.45) is 0 Å². The fraction of sp³-hybridized carbons (Fsp3) is 0.483. The molecule has 8 nitrogen and oxygen atoms in total. The van der Waals surface area contributed by atoms with Crippen molar-refractivity contribution in [2.75, 3.05) is 53.2 Å². The molecule has 0 saturated carbocycles. The number of nitrogens with one attached hydrogen (secondary N) is 2. The molecule has 0 saturated heterocycles. The molecule has 3 N–H and O–H groups in total. The molecular weight excluding hydrogens is 506 g/mol. The van der Waals surface area contributed by atoms with E-state index in [0.29, 0.717) is 37.7 Å². The molecule has 0 radical (unpaired) electrons. The van der Waals surface area contributed by atoms with Crippen LogP contribution in [0.3, 0.4) is 0 Å². The van der Waals surface area contributed by atoms with E-state index in [-0.39, 0.29) is 25.3 Å².